The summed E-state index contributed by atoms with van der Waals surface area (Å²) in [5.41, 5.74) is 3.12. The predicted octanol–water partition coefficient (Wildman–Crippen LogP) is 2.84. The normalized spacial score (nSPS) is 23.7. The fourth-order valence-electron chi connectivity index (χ4n) is 4.95. The van der Waals surface area contributed by atoms with E-state index in [1.54, 1.807) is 11.8 Å². The number of carbonyl (C=O) groups excluding carboxylic acids is 3. The Bertz CT molecular complexity index is 970. The third-order valence-corrected chi connectivity index (χ3v) is 6.96. The van der Waals surface area contributed by atoms with Gasteiger partial charge in [-0.2, -0.15) is 0 Å². The Morgan fingerprint density at radius 3 is 2.41 bits per heavy atom. The fourth-order valence-corrected chi connectivity index (χ4v) is 4.95. The van der Waals surface area contributed by atoms with Gasteiger partial charge in [0.2, 0.25) is 5.91 Å². The summed E-state index contributed by atoms with van der Waals surface area (Å²) in [6.07, 6.45) is 2.01. The molecular weight excluding hydrogens is 432 g/mol. The Morgan fingerprint density at radius 2 is 1.82 bits per heavy atom. The first-order valence-electron chi connectivity index (χ1n) is 12.4. The highest BCUT2D eigenvalue weighted by atomic mass is 16.5. The molecule has 2 aliphatic heterocycles. The summed E-state index contributed by atoms with van der Waals surface area (Å²) in [7, 11) is 0. The van der Waals surface area contributed by atoms with Crippen molar-refractivity contribution in [2.75, 3.05) is 39.3 Å². The second-order valence-electron chi connectivity index (χ2n) is 9.51. The number of aryl methyl sites for hydroxylation is 1. The lowest BCUT2D eigenvalue weighted by Gasteiger charge is -2.43. The number of hydrogen-bond donors (Lipinski definition) is 1. The number of carbonyl (C=O) groups is 3. The molecule has 2 atom stereocenters. The Morgan fingerprint density at radius 1 is 1.12 bits per heavy atom. The van der Waals surface area contributed by atoms with Crippen molar-refractivity contribution >= 4 is 17.9 Å². The maximum absolute atomic E-state index is 13.2. The largest absolute Gasteiger partial charge is 0.463 e. The first-order valence-corrected chi connectivity index (χ1v) is 12.4. The molecular formula is C26H36N4O4. The average molecular weight is 469 g/mol. The van der Waals surface area contributed by atoms with Crippen LogP contribution in [0.4, 0.5) is 4.79 Å². The zero-order valence-electron chi connectivity index (χ0n) is 20.7. The van der Waals surface area contributed by atoms with E-state index in [0.29, 0.717) is 44.0 Å². The van der Waals surface area contributed by atoms with Gasteiger partial charge in [-0.15, -0.1) is 0 Å². The molecule has 0 radical (unpaired) electrons. The zero-order chi connectivity index (χ0) is 24.4. The summed E-state index contributed by atoms with van der Waals surface area (Å²) in [6.45, 7) is 11.0. The predicted molar refractivity (Wildman–Crippen MR) is 129 cm³/mol. The number of nitrogens with one attached hydrogen (secondary N) is 1. The number of amides is 3. The molecule has 1 saturated carbocycles. The van der Waals surface area contributed by atoms with E-state index in [-0.39, 0.29) is 30.5 Å². The van der Waals surface area contributed by atoms with E-state index in [4.69, 9.17) is 4.74 Å². The quantitative estimate of drug-likeness (QED) is 0.623. The number of rotatable bonds is 7. The van der Waals surface area contributed by atoms with Gasteiger partial charge in [0, 0.05) is 50.4 Å². The first-order chi connectivity index (χ1) is 16.3. The van der Waals surface area contributed by atoms with E-state index in [2.05, 4.69) is 17.1 Å². The summed E-state index contributed by atoms with van der Waals surface area (Å²) in [5.74, 6) is 0.0716. The molecule has 3 amide bonds. The number of esters is 1. The lowest BCUT2D eigenvalue weighted by atomic mass is 9.93. The molecule has 0 aromatic heterocycles. The second kappa shape index (κ2) is 10.2. The van der Waals surface area contributed by atoms with Gasteiger partial charge in [-0.05, 0) is 46.1 Å². The van der Waals surface area contributed by atoms with E-state index >= 15 is 0 Å². The van der Waals surface area contributed by atoms with Crippen LogP contribution in [0.15, 0.2) is 35.5 Å². The summed E-state index contributed by atoms with van der Waals surface area (Å²) >= 11 is 0. The third-order valence-electron chi connectivity index (χ3n) is 6.96. The molecule has 2 heterocycles. The van der Waals surface area contributed by atoms with Gasteiger partial charge in [-0.3, -0.25) is 14.6 Å². The standard InChI is InChI=1S/C26H36N4O4/c1-5-29-21(16-28-13-14-30(18(4)15-28)24(31)20-11-12-20)22(25(32)34-6-2)23(27-26(29)33)19-9-7-17(3)8-10-19/h7-10,18,20,23H,5-6,11-16H2,1-4H3,(H,27,33). The Kier molecular flexibility index (Phi) is 7.26. The third kappa shape index (κ3) is 4.97. The van der Waals surface area contributed by atoms with Crippen molar-refractivity contribution in [3.05, 3.63) is 46.7 Å². The van der Waals surface area contributed by atoms with Gasteiger partial charge in [0.25, 0.3) is 0 Å². The van der Waals surface area contributed by atoms with E-state index in [9.17, 15) is 14.4 Å². The number of piperazine rings is 1. The zero-order valence-corrected chi connectivity index (χ0v) is 20.7. The molecule has 34 heavy (non-hydrogen) atoms. The molecule has 184 valence electrons. The Hall–Kier alpha value is -2.87. The smallest absolute Gasteiger partial charge is 0.338 e. The SMILES string of the molecule is CCOC(=O)C1=C(CN2CCN(C(=O)C3CC3)C(C)C2)N(CC)C(=O)NC1c1ccc(C)cc1. The van der Waals surface area contributed by atoms with Crippen LogP contribution in [0.2, 0.25) is 0 Å². The minimum Gasteiger partial charge on any atom is -0.463 e. The molecule has 3 aliphatic rings. The summed E-state index contributed by atoms with van der Waals surface area (Å²) in [6, 6.07) is 7.16. The molecule has 4 rings (SSSR count). The summed E-state index contributed by atoms with van der Waals surface area (Å²) in [4.78, 5) is 44.8. The molecule has 1 saturated heterocycles. The van der Waals surface area contributed by atoms with Crippen LogP contribution in [-0.4, -0.2) is 78.0 Å². The van der Waals surface area contributed by atoms with Crippen LogP contribution >= 0.6 is 0 Å². The molecule has 2 unspecified atom stereocenters. The molecule has 1 N–H and O–H groups in total. The molecule has 8 nitrogen and oxygen atoms in total. The van der Waals surface area contributed by atoms with E-state index < -0.39 is 12.0 Å². The van der Waals surface area contributed by atoms with Crippen LogP contribution in [0.25, 0.3) is 0 Å². The van der Waals surface area contributed by atoms with Crippen molar-refractivity contribution in [2.24, 2.45) is 5.92 Å². The maximum Gasteiger partial charge on any atom is 0.338 e. The minimum atomic E-state index is -0.569. The van der Waals surface area contributed by atoms with Gasteiger partial charge in [-0.25, -0.2) is 9.59 Å². The van der Waals surface area contributed by atoms with E-state index in [0.717, 1.165) is 24.0 Å². The number of benzene rings is 1. The van der Waals surface area contributed by atoms with Crippen molar-refractivity contribution in [1.29, 1.82) is 0 Å². The molecule has 1 aromatic rings. The number of hydrogen-bond acceptors (Lipinski definition) is 5. The van der Waals surface area contributed by atoms with Crippen molar-refractivity contribution < 1.29 is 19.1 Å². The van der Waals surface area contributed by atoms with Gasteiger partial charge in [0.15, 0.2) is 0 Å². The van der Waals surface area contributed by atoms with Gasteiger partial charge < -0.3 is 15.0 Å². The van der Waals surface area contributed by atoms with Crippen LogP contribution < -0.4 is 5.32 Å². The minimum absolute atomic E-state index is 0.0916. The molecule has 1 aliphatic carbocycles. The van der Waals surface area contributed by atoms with Crippen LogP contribution in [0.5, 0.6) is 0 Å². The summed E-state index contributed by atoms with van der Waals surface area (Å²) in [5, 5.41) is 3.02. The van der Waals surface area contributed by atoms with Gasteiger partial charge >= 0.3 is 12.0 Å². The Balaban J connectivity index is 1.65. The molecule has 0 bridgehead atoms. The number of urea groups is 1. The van der Waals surface area contributed by atoms with Crippen molar-refractivity contribution in [2.45, 2.75) is 52.6 Å². The van der Waals surface area contributed by atoms with Crippen molar-refractivity contribution in [3.8, 4) is 0 Å². The highest BCUT2D eigenvalue weighted by Crippen LogP contribution is 2.34. The van der Waals surface area contributed by atoms with Gasteiger partial charge in [0.05, 0.1) is 18.2 Å². The van der Waals surface area contributed by atoms with Crippen LogP contribution in [-0.2, 0) is 14.3 Å². The number of likely N-dealkylation sites (N-methyl/N-ethyl adjacent to an activating group) is 1. The van der Waals surface area contributed by atoms with E-state index in [1.807, 2.05) is 43.0 Å². The average Bonchev–Trinajstić information content (AvgIpc) is 3.65. The Labute approximate surface area is 201 Å². The van der Waals surface area contributed by atoms with Crippen LogP contribution in [0.1, 0.15) is 50.8 Å². The van der Waals surface area contributed by atoms with Crippen molar-refractivity contribution in [1.82, 2.24) is 20.0 Å². The lowest BCUT2D eigenvalue weighted by molar-refractivity contribution is -0.139. The molecule has 8 heteroatoms. The second-order valence-corrected chi connectivity index (χ2v) is 9.51. The highest BCUT2D eigenvalue weighted by Gasteiger charge is 2.40. The lowest BCUT2D eigenvalue weighted by Crippen LogP contribution is -2.56. The van der Waals surface area contributed by atoms with Crippen molar-refractivity contribution in [3.63, 3.8) is 0 Å². The first kappa shape index (κ1) is 24.3. The van der Waals surface area contributed by atoms with Gasteiger partial charge in [0.1, 0.15) is 0 Å². The molecule has 1 aromatic carbocycles. The van der Waals surface area contributed by atoms with Gasteiger partial charge in [-0.1, -0.05) is 29.8 Å². The fraction of sp³-hybridized carbons (Fsp3) is 0.577. The van der Waals surface area contributed by atoms with Crippen LogP contribution in [0.3, 0.4) is 0 Å². The maximum atomic E-state index is 13.2. The van der Waals surface area contributed by atoms with E-state index in [1.165, 1.54) is 0 Å². The number of ether oxygens (including phenoxy) is 1. The summed E-state index contributed by atoms with van der Waals surface area (Å²) < 4.78 is 5.46. The number of nitrogens with zero attached hydrogens (tertiary/aromatic N) is 3. The molecule has 2 fully saturated rings. The monoisotopic (exact) mass is 468 g/mol. The molecule has 0 spiro atoms. The topological polar surface area (TPSA) is 82.2 Å². The highest BCUT2D eigenvalue weighted by molar-refractivity contribution is 5.95. The van der Waals surface area contributed by atoms with Crippen LogP contribution in [0, 0.1) is 12.8 Å².